The van der Waals surface area contributed by atoms with Crippen LogP contribution in [-0.2, 0) is 12.6 Å². The summed E-state index contributed by atoms with van der Waals surface area (Å²) in [4.78, 5) is 3.70. The molecule has 1 aromatic heterocycles. The van der Waals surface area contributed by atoms with Crippen molar-refractivity contribution >= 4 is 15.9 Å². The average molecular weight is 268 g/mol. The standard InChI is InChI=1S/C9H9BrF3N/c1-6(10)4-7-5-14-3-2-8(7)9(11,12)13/h2-3,5-6H,4H2,1H3. The molecule has 0 saturated carbocycles. The number of rotatable bonds is 2. The number of halogens is 4. The van der Waals surface area contributed by atoms with Gasteiger partial charge >= 0.3 is 6.18 Å². The predicted molar refractivity (Wildman–Crippen MR) is 51.3 cm³/mol. The quantitative estimate of drug-likeness (QED) is 0.749. The Morgan fingerprint density at radius 1 is 1.50 bits per heavy atom. The molecule has 1 heterocycles. The second kappa shape index (κ2) is 4.29. The minimum Gasteiger partial charge on any atom is -0.264 e. The summed E-state index contributed by atoms with van der Waals surface area (Å²) in [5.74, 6) is 0. The summed E-state index contributed by atoms with van der Waals surface area (Å²) < 4.78 is 37.4. The molecule has 0 aromatic carbocycles. The van der Waals surface area contributed by atoms with E-state index in [0.29, 0.717) is 6.42 Å². The van der Waals surface area contributed by atoms with Gasteiger partial charge in [-0.3, -0.25) is 4.98 Å². The molecule has 0 aliphatic heterocycles. The van der Waals surface area contributed by atoms with E-state index in [9.17, 15) is 13.2 Å². The Bertz CT molecular complexity index is 309. The monoisotopic (exact) mass is 267 g/mol. The van der Waals surface area contributed by atoms with Gasteiger partial charge in [0.25, 0.3) is 0 Å². The lowest BCUT2D eigenvalue weighted by Gasteiger charge is -2.12. The molecule has 5 heteroatoms. The van der Waals surface area contributed by atoms with Crippen LogP contribution in [0.2, 0.25) is 0 Å². The first-order chi connectivity index (χ1) is 6.41. The molecule has 1 rings (SSSR count). The van der Waals surface area contributed by atoms with Crippen molar-refractivity contribution in [3.63, 3.8) is 0 Å². The van der Waals surface area contributed by atoms with Gasteiger partial charge in [0.15, 0.2) is 0 Å². The summed E-state index contributed by atoms with van der Waals surface area (Å²) in [5, 5.41) is 0. The fourth-order valence-corrected chi connectivity index (χ4v) is 1.52. The molecule has 0 amide bonds. The fraction of sp³-hybridized carbons (Fsp3) is 0.444. The second-order valence-electron chi connectivity index (χ2n) is 3.02. The van der Waals surface area contributed by atoms with Gasteiger partial charge in [0.05, 0.1) is 5.56 Å². The highest BCUT2D eigenvalue weighted by atomic mass is 79.9. The second-order valence-corrected chi connectivity index (χ2v) is 4.58. The zero-order chi connectivity index (χ0) is 10.8. The van der Waals surface area contributed by atoms with Gasteiger partial charge in [-0.05, 0) is 18.1 Å². The van der Waals surface area contributed by atoms with E-state index < -0.39 is 11.7 Å². The number of hydrogen-bond acceptors (Lipinski definition) is 1. The maximum atomic E-state index is 12.5. The van der Waals surface area contributed by atoms with Crippen molar-refractivity contribution in [2.75, 3.05) is 0 Å². The summed E-state index contributed by atoms with van der Waals surface area (Å²) in [6, 6.07) is 1.00. The van der Waals surface area contributed by atoms with E-state index in [2.05, 4.69) is 20.9 Å². The first-order valence-electron chi connectivity index (χ1n) is 4.05. The van der Waals surface area contributed by atoms with Gasteiger partial charge in [-0.15, -0.1) is 0 Å². The lowest BCUT2D eigenvalue weighted by atomic mass is 10.1. The Labute approximate surface area is 88.5 Å². The minimum atomic E-state index is -4.29. The van der Waals surface area contributed by atoms with E-state index in [4.69, 9.17) is 0 Å². The minimum absolute atomic E-state index is 0.00722. The lowest BCUT2D eigenvalue weighted by Crippen LogP contribution is -2.11. The van der Waals surface area contributed by atoms with Crippen LogP contribution in [0.25, 0.3) is 0 Å². The first kappa shape index (κ1) is 11.5. The normalized spacial score (nSPS) is 14.1. The van der Waals surface area contributed by atoms with Gasteiger partial charge in [-0.2, -0.15) is 13.2 Å². The van der Waals surface area contributed by atoms with Crippen LogP contribution in [0.4, 0.5) is 13.2 Å². The molecule has 0 radical (unpaired) electrons. The third-order valence-electron chi connectivity index (χ3n) is 1.71. The average Bonchev–Trinajstić information content (AvgIpc) is 2.01. The van der Waals surface area contributed by atoms with E-state index in [1.54, 1.807) is 6.92 Å². The Balaban J connectivity index is 3.04. The van der Waals surface area contributed by atoms with E-state index in [0.717, 1.165) is 12.3 Å². The van der Waals surface area contributed by atoms with Crippen molar-refractivity contribution in [2.24, 2.45) is 0 Å². The number of pyridine rings is 1. The number of alkyl halides is 4. The summed E-state index contributed by atoms with van der Waals surface area (Å²) in [6.07, 6.45) is -1.55. The van der Waals surface area contributed by atoms with Crippen LogP contribution < -0.4 is 0 Å². The van der Waals surface area contributed by atoms with Crippen LogP contribution in [0.3, 0.4) is 0 Å². The van der Waals surface area contributed by atoms with Crippen LogP contribution in [0.1, 0.15) is 18.1 Å². The van der Waals surface area contributed by atoms with Gasteiger partial charge in [0, 0.05) is 17.2 Å². The molecular formula is C9H9BrF3N. The summed E-state index contributed by atoms with van der Waals surface area (Å²) >= 11 is 3.22. The van der Waals surface area contributed by atoms with E-state index in [1.165, 1.54) is 6.20 Å². The molecule has 1 aromatic rings. The highest BCUT2D eigenvalue weighted by Gasteiger charge is 2.33. The topological polar surface area (TPSA) is 12.9 Å². The molecule has 0 fully saturated rings. The highest BCUT2D eigenvalue weighted by Crippen LogP contribution is 2.32. The number of nitrogens with zero attached hydrogens (tertiary/aromatic N) is 1. The molecule has 78 valence electrons. The van der Waals surface area contributed by atoms with Gasteiger partial charge in [0.2, 0.25) is 0 Å². The maximum Gasteiger partial charge on any atom is 0.416 e. The zero-order valence-electron chi connectivity index (χ0n) is 7.48. The molecule has 0 spiro atoms. The number of hydrogen-bond donors (Lipinski definition) is 0. The predicted octanol–water partition coefficient (Wildman–Crippen LogP) is 3.43. The molecule has 1 atom stereocenters. The van der Waals surface area contributed by atoms with Crippen LogP contribution in [-0.4, -0.2) is 9.81 Å². The van der Waals surface area contributed by atoms with Crippen molar-refractivity contribution in [3.05, 3.63) is 29.6 Å². The van der Waals surface area contributed by atoms with E-state index >= 15 is 0 Å². The number of aromatic nitrogens is 1. The van der Waals surface area contributed by atoms with E-state index in [-0.39, 0.29) is 10.4 Å². The molecule has 0 saturated heterocycles. The van der Waals surface area contributed by atoms with Gasteiger partial charge in [-0.1, -0.05) is 22.9 Å². The van der Waals surface area contributed by atoms with Crippen molar-refractivity contribution in [1.82, 2.24) is 4.98 Å². The Morgan fingerprint density at radius 3 is 2.64 bits per heavy atom. The third kappa shape index (κ3) is 2.97. The van der Waals surface area contributed by atoms with Crippen molar-refractivity contribution in [3.8, 4) is 0 Å². The van der Waals surface area contributed by atoms with Gasteiger partial charge in [-0.25, -0.2) is 0 Å². The van der Waals surface area contributed by atoms with Crippen molar-refractivity contribution < 1.29 is 13.2 Å². The molecular weight excluding hydrogens is 259 g/mol. The van der Waals surface area contributed by atoms with Crippen LogP contribution in [0, 0.1) is 0 Å². The Kier molecular flexibility index (Phi) is 3.53. The lowest BCUT2D eigenvalue weighted by molar-refractivity contribution is -0.138. The SMILES string of the molecule is CC(Br)Cc1cnccc1C(F)(F)F. The van der Waals surface area contributed by atoms with Crippen molar-refractivity contribution in [1.29, 1.82) is 0 Å². The smallest absolute Gasteiger partial charge is 0.264 e. The molecule has 1 nitrogen and oxygen atoms in total. The zero-order valence-corrected chi connectivity index (χ0v) is 9.06. The first-order valence-corrected chi connectivity index (χ1v) is 4.97. The fourth-order valence-electron chi connectivity index (χ4n) is 1.17. The van der Waals surface area contributed by atoms with Crippen LogP contribution >= 0.6 is 15.9 Å². The molecule has 1 unspecified atom stereocenters. The van der Waals surface area contributed by atoms with Crippen molar-refractivity contribution in [2.45, 2.75) is 24.3 Å². The molecule has 14 heavy (non-hydrogen) atoms. The van der Waals surface area contributed by atoms with Gasteiger partial charge in [0.1, 0.15) is 0 Å². The Hall–Kier alpha value is -0.580. The molecule has 0 N–H and O–H groups in total. The van der Waals surface area contributed by atoms with Crippen LogP contribution in [0.5, 0.6) is 0 Å². The van der Waals surface area contributed by atoms with E-state index in [1.807, 2.05) is 0 Å². The maximum absolute atomic E-state index is 12.5. The highest BCUT2D eigenvalue weighted by molar-refractivity contribution is 9.09. The summed E-state index contributed by atoms with van der Waals surface area (Å²) in [5.41, 5.74) is -0.372. The summed E-state index contributed by atoms with van der Waals surface area (Å²) in [7, 11) is 0. The Morgan fingerprint density at radius 2 is 2.14 bits per heavy atom. The van der Waals surface area contributed by atoms with Gasteiger partial charge < -0.3 is 0 Å². The molecule has 0 aliphatic carbocycles. The molecule has 0 bridgehead atoms. The van der Waals surface area contributed by atoms with Crippen LogP contribution in [0.15, 0.2) is 18.5 Å². The summed E-state index contributed by atoms with van der Waals surface area (Å²) in [6.45, 7) is 1.80. The largest absolute Gasteiger partial charge is 0.416 e. The molecule has 0 aliphatic rings. The third-order valence-corrected chi connectivity index (χ3v) is 2.03.